The van der Waals surface area contributed by atoms with Gasteiger partial charge in [-0.25, -0.2) is 4.98 Å². The lowest BCUT2D eigenvalue weighted by Crippen LogP contribution is -2.29. The number of rotatable bonds is 3. The summed E-state index contributed by atoms with van der Waals surface area (Å²) in [5.74, 6) is 0.843. The Labute approximate surface area is 77.0 Å². The van der Waals surface area contributed by atoms with Gasteiger partial charge in [-0.05, 0) is 19.9 Å². The largest absolute Gasteiger partial charge is 0.389 e. The van der Waals surface area contributed by atoms with E-state index in [1.54, 1.807) is 26.1 Å². The van der Waals surface area contributed by atoms with E-state index in [0.717, 1.165) is 0 Å². The third-order valence-electron chi connectivity index (χ3n) is 1.36. The van der Waals surface area contributed by atoms with E-state index < -0.39 is 5.60 Å². The van der Waals surface area contributed by atoms with Crippen molar-refractivity contribution in [2.75, 3.05) is 17.6 Å². The number of nitrogens with one attached hydrogen (secondary N) is 1. The monoisotopic (exact) mass is 182 g/mol. The Morgan fingerprint density at radius 2 is 2.31 bits per heavy atom. The van der Waals surface area contributed by atoms with Crippen LogP contribution < -0.4 is 11.1 Å². The smallest absolute Gasteiger partial charge is 0.224 e. The van der Waals surface area contributed by atoms with Gasteiger partial charge in [0.25, 0.3) is 0 Å². The first-order valence-corrected chi connectivity index (χ1v) is 4.02. The quantitative estimate of drug-likeness (QED) is 0.623. The van der Waals surface area contributed by atoms with Crippen LogP contribution in [0.2, 0.25) is 0 Å². The summed E-state index contributed by atoms with van der Waals surface area (Å²) in [6.07, 6.45) is 1.56. The van der Waals surface area contributed by atoms with Gasteiger partial charge in [-0.1, -0.05) is 0 Å². The van der Waals surface area contributed by atoms with Gasteiger partial charge in [0.1, 0.15) is 5.82 Å². The maximum Gasteiger partial charge on any atom is 0.224 e. The highest BCUT2D eigenvalue weighted by Crippen LogP contribution is 2.04. The molecule has 72 valence electrons. The molecule has 0 saturated carbocycles. The molecular weight excluding hydrogens is 168 g/mol. The van der Waals surface area contributed by atoms with Crippen LogP contribution in [0.4, 0.5) is 11.8 Å². The van der Waals surface area contributed by atoms with E-state index in [1.165, 1.54) is 0 Å². The van der Waals surface area contributed by atoms with Crippen molar-refractivity contribution in [3.05, 3.63) is 12.3 Å². The second-order valence-corrected chi connectivity index (χ2v) is 3.47. The average molecular weight is 182 g/mol. The van der Waals surface area contributed by atoms with E-state index in [2.05, 4.69) is 15.3 Å². The van der Waals surface area contributed by atoms with Gasteiger partial charge >= 0.3 is 0 Å². The van der Waals surface area contributed by atoms with Gasteiger partial charge in [0.2, 0.25) is 5.95 Å². The first-order chi connectivity index (χ1) is 5.97. The first kappa shape index (κ1) is 9.73. The van der Waals surface area contributed by atoms with Crippen LogP contribution in [0.5, 0.6) is 0 Å². The number of nitrogen functional groups attached to an aromatic ring is 1. The summed E-state index contributed by atoms with van der Waals surface area (Å²) in [7, 11) is 0. The fraction of sp³-hybridized carbons (Fsp3) is 0.500. The predicted molar refractivity (Wildman–Crippen MR) is 51.2 cm³/mol. The first-order valence-electron chi connectivity index (χ1n) is 4.02. The molecule has 0 radical (unpaired) electrons. The van der Waals surface area contributed by atoms with Gasteiger partial charge in [-0.15, -0.1) is 0 Å². The van der Waals surface area contributed by atoms with Crippen molar-refractivity contribution in [2.45, 2.75) is 19.4 Å². The van der Waals surface area contributed by atoms with E-state index in [-0.39, 0.29) is 0 Å². The van der Waals surface area contributed by atoms with E-state index in [0.29, 0.717) is 18.3 Å². The van der Waals surface area contributed by atoms with E-state index in [1.807, 2.05) is 0 Å². The van der Waals surface area contributed by atoms with Gasteiger partial charge in [0.15, 0.2) is 0 Å². The molecule has 4 N–H and O–H groups in total. The SMILES string of the molecule is CC(C)(O)CNc1nccc(N)n1. The molecule has 0 saturated heterocycles. The number of aromatic nitrogens is 2. The third-order valence-corrected chi connectivity index (χ3v) is 1.36. The Bertz CT molecular complexity index is 282. The van der Waals surface area contributed by atoms with Crippen molar-refractivity contribution in [3.8, 4) is 0 Å². The Hall–Kier alpha value is -1.36. The fourth-order valence-electron chi connectivity index (χ4n) is 0.753. The fourth-order valence-corrected chi connectivity index (χ4v) is 0.753. The molecule has 1 aromatic rings. The molecule has 0 aromatic carbocycles. The van der Waals surface area contributed by atoms with Gasteiger partial charge in [-0.2, -0.15) is 4.98 Å². The Kier molecular flexibility index (Phi) is 2.67. The molecule has 0 atom stereocenters. The summed E-state index contributed by atoms with van der Waals surface area (Å²) in [6.45, 7) is 3.79. The Morgan fingerprint density at radius 1 is 1.62 bits per heavy atom. The molecule has 0 aliphatic heterocycles. The van der Waals surface area contributed by atoms with Gasteiger partial charge < -0.3 is 16.2 Å². The van der Waals surface area contributed by atoms with Crippen LogP contribution in [0.3, 0.4) is 0 Å². The van der Waals surface area contributed by atoms with Crippen LogP contribution in [0, 0.1) is 0 Å². The standard InChI is InChI=1S/C8H14N4O/c1-8(2,13)5-11-7-10-4-3-6(9)12-7/h3-4,13H,5H2,1-2H3,(H3,9,10,11,12). The maximum atomic E-state index is 9.40. The zero-order valence-electron chi connectivity index (χ0n) is 7.78. The molecule has 13 heavy (non-hydrogen) atoms. The highest BCUT2D eigenvalue weighted by Gasteiger charge is 2.12. The minimum Gasteiger partial charge on any atom is -0.389 e. The van der Waals surface area contributed by atoms with Crippen LogP contribution in [0.25, 0.3) is 0 Å². The normalized spacial score (nSPS) is 11.3. The van der Waals surface area contributed by atoms with Crippen molar-refractivity contribution in [1.29, 1.82) is 0 Å². The van der Waals surface area contributed by atoms with Crippen LogP contribution in [0.15, 0.2) is 12.3 Å². The summed E-state index contributed by atoms with van der Waals surface area (Å²) >= 11 is 0. The number of aliphatic hydroxyl groups is 1. The second kappa shape index (κ2) is 3.57. The molecule has 1 heterocycles. The van der Waals surface area contributed by atoms with Crippen molar-refractivity contribution >= 4 is 11.8 Å². The third kappa shape index (κ3) is 3.71. The molecule has 0 amide bonds. The van der Waals surface area contributed by atoms with E-state index in [9.17, 15) is 5.11 Å². The molecule has 0 unspecified atom stereocenters. The van der Waals surface area contributed by atoms with Crippen molar-refractivity contribution in [2.24, 2.45) is 0 Å². The zero-order chi connectivity index (χ0) is 9.90. The average Bonchev–Trinajstić information content (AvgIpc) is 2.00. The summed E-state index contributed by atoms with van der Waals surface area (Å²) in [5.41, 5.74) is 4.66. The van der Waals surface area contributed by atoms with Gasteiger partial charge in [0.05, 0.1) is 5.60 Å². The zero-order valence-corrected chi connectivity index (χ0v) is 7.78. The van der Waals surface area contributed by atoms with Crippen LogP contribution in [-0.2, 0) is 0 Å². The van der Waals surface area contributed by atoms with Crippen molar-refractivity contribution in [1.82, 2.24) is 9.97 Å². The molecular formula is C8H14N4O. The molecule has 5 nitrogen and oxygen atoms in total. The van der Waals surface area contributed by atoms with Crippen molar-refractivity contribution < 1.29 is 5.11 Å². The summed E-state index contributed by atoms with van der Waals surface area (Å²) in [4.78, 5) is 7.85. The lowest BCUT2D eigenvalue weighted by Gasteiger charge is -2.17. The number of hydrogen-bond acceptors (Lipinski definition) is 5. The molecule has 0 aliphatic carbocycles. The predicted octanol–water partition coefficient (Wildman–Crippen LogP) is 0.242. The molecule has 5 heteroatoms. The minimum atomic E-state index is -0.784. The summed E-state index contributed by atoms with van der Waals surface area (Å²) in [5, 5.41) is 12.3. The molecule has 1 aromatic heterocycles. The highest BCUT2D eigenvalue weighted by atomic mass is 16.3. The number of hydrogen-bond donors (Lipinski definition) is 3. The molecule has 0 aliphatic rings. The lowest BCUT2D eigenvalue weighted by molar-refractivity contribution is 0.0943. The number of anilines is 2. The highest BCUT2D eigenvalue weighted by molar-refractivity contribution is 5.35. The second-order valence-electron chi connectivity index (χ2n) is 3.47. The van der Waals surface area contributed by atoms with Crippen molar-refractivity contribution in [3.63, 3.8) is 0 Å². The molecule has 0 bridgehead atoms. The van der Waals surface area contributed by atoms with Crippen LogP contribution in [-0.4, -0.2) is 27.2 Å². The maximum absolute atomic E-state index is 9.40. The molecule has 0 fully saturated rings. The summed E-state index contributed by atoms with van der Waals surface area (Å²) in [6, 6.07) is 1.61. The molecule has 0 spiro atoms. The topological polar surface area (TPSA) is 84.1 Å². The minimum absolute atomic E-state index is 0.385. The summed E-state index contributed by atoms with van der Waals surface area (Å²) < 4.78 is 0. The number of nitrogens with zero attached hydrogens (tertiary/aromatic N) is 2. The van der Waals surface area contributed by atoms with Gasteiger partial charge in [0, 0.05) is 12.7 Å². The van der Waals surface area contributed by atoms with E-state index in [4.69, 9.17) is 5.73 Å². The lowest BCUT2D eigenvalue weighted by atomic mass is 10.1. The Balaban J connectivity index is 2.55. The molecule has 1 rings (SSSR count). The van der Waals surface area contributed by atoms with Gasteiger partial charge in [-0.3, -0.25) is 0 Å². The number of nitrogens with two attached hydrogens (primary N) is 1. The van der Waals surface area contributed by atoms with Crippen LogP contribution in [0.1, 0.15) is 13.8 Å². The van der Waals surface area contributed by atoms with Crippen LogP contribution >= 0.6 is 0 Å². The van der Waals surface area contributed by atoms with E-state index >= 15 is 0 Å². The Morgan fingerprint density at radius 3 is 2.85 bits per heavy atom.